The van der Waals surface area contributed by atoms with Crippen LogP contribution in [0.1, 0.15) is 26.3 Å². The second-order valence-electron chi connectivity index (χ2n) is 4.61. The molecule has 1 N–H and O–H groups in total. The topological polar surface area (TPSA) is 30.5 Å². The molecule has 0 saturated carbocycles. The minimum absolute atomic E-state index is 0.487. The Labute approximate surface area is 110 Å². The Kier molecular flexibility index (Phi) is 5.72. The number of methoxy groups -OCH3 is 2. The Balaban J connectivity index is 2.92. The van der Waals surface area contributed by atoms with Gasteiger partial charge in [-0.05, 0) is 13.0 Å². The lowest BCUT2D eigenvalue weighted by Gasteiger charge is -2.12. The number of hydrogen-bond acceptors (Lipinski definition) is 3. The van der Waals surface area contributed by atoms with Gasteiger partial charge in [0.25, 0.3) is 0 Å². The maximum Gasteiger partial charge on any atom is 0.167 e. The fourth-order valence-electron chi connectivity index (χ4n) is 1.71. The molecule has 0 fully saturated rings. The molecule has 3 nitrogen and oxygen atoms in total. The molecule has 0 aliphatic rings. The van der Waals surface area contributed by atoms with Crippen molar-refractivity contribution in [1.82, 2.24) is 5.32 Å². The lowest BCUT2D eigenvalue weighted by molar-refractivity contribution is 0.354. The SMILES string of the molecule is COc1cccc(C=C(C)CNC(C)C)c1OC. The first-order valence-corrected chi connectivity index (χ1v) is 6.20. The normalized spacial score (nSPS) is 11.8. The highest BCUT2D eigenvalue weighted by Gasteiger charge is 2.07. The van der Waals surface area contributed by atoms with Crippen molar-refractivity contribution in [3.63, 3.8) is 0 Å². The highest BCUT2D eigenvalue weighted by Crippen LogP contribution is 2.31. The van der Waals surface area contributed by atoms with Gasteiger partial charge in [0.1, 0.15) is 0 Å². The summed E-state index contributed by atoms with van der Waals surface area (Å²) in [6.07, 6.45) is 2.12. The van der Waals surface area contributed by atoms with E-state index in [0.717, 1.165) is 23.6 Å². The van der Waals surface area contributed by atoms with Crippen LogP contribution < -0.4 is 14.8 Å². The molecular weight excluding hydrogens is 226 g/mol. The summed E-state index contributed by atoms with van der Waals surface area (Å²) in [5.74, 6) is 1.54. The molecule has 0 saturated heterocycles. The average Bonchev–Trinajstić information content (AvgIpc) is 2.36. The highest BCUT2D eigenvalue weighted by molar-refractivity contribution is 5.64. The van der Waals surface area contributed by atoms with Crippen LogP contribution in [0.4, 0.5) is 0 Å². The predicted molar refractivity (Wildman–Crippen MR) is 76.3 cm³/mol. The van der Waals surface area contributed by atoms with Crippen molar-refractivity contribution >= 4 is 6.08 Å². The average molecular weight is 249 g/mol. The molecule has 1 rings (SSSR count). The van der Waals surface area contributed by atoms with Crippen LogP contribution in [-0.4, -0.2) is 26.8 Å². The third kappa shape index (κ3) is 4.08. The monoisotopic (exact) mass is 249 g/mol. The highest BCUT2D eigenvalue weighted by atomic mass is 16.5. The van der Waals surface area contributed by atoms with E-state index >= 15 is 0 Å². The van der Waals surface area contributed by atoms with Crippen LogP contribution in [-0.2, 0) is 0 Å². The third-order valence-corrected chi connectivity index (χ3v) is 2.62. The summed E-state index contributed by atoms with van der Waals surface area (Å²) >= 11 is 0. The maximum absolute atomic E-state index is 5.40. The standard InChI is InChI=1S/C15H23NO2/c1-11(2)16-10-12(3)9-13-7-6-8-14(17-4)15(13)18-5/h6-9,11,16H,10H2,1-5H3. The van der Waals surface area contributed by atoms with Gasteiger partial charge in [0.15, 0.2) is 11.5 Å². The quantitative estimate of drug-likeness (QED) is 0.840. The van der Waals surface area contributed by atoms with E-state index < -0.39 is 0 Å². The Morgan fingerprint density at radius 1 is 1.28 bits per heavy atom. The molecule has 0 bridgehead atoms. The van der Waals surface area contributed by atoms with E-state index in [0.29, 0.717) is 6.04 Å². The minimum atomic E-state index is 0.487. The summed E-state index contributed by atoms with van der Waals surface area (Å²) in [5.41, 5.74) is 2.30. The van der Waals surface area contributed by atoms with Crippen molar-refractivity contribution < 1.29 is 9.47 Å². The smallest absolute Gasteiger partial charge is 0.167 e. The molecule has 3 heteroatoms. The first-order valence-electron chi connectivity index (χ1n) is 6.20. The first-order chi connectivity index (χ1) is 8.58. The van der Waals surface area contributed by atoms with E-state index in [4.69, 9.17) is 9.47 Å². The molecule has 0 aliphatic carbocycles. The number of rotatable bonds is 6. The van der Waals surface area contributed by atoms with Gasteiger partial charge in [0.2, 0.25) is 0 Å². The molecule has 0 aromatic heterocycles. The van der Waals surface area contributed by atoms with Gasteiger partial charge in [0.05, 0.1) is 14.2 Å². The van der Waals surface area contributed by atoms with Crippen molar-refractivity contribution in [1.29, 1.82) is 0 Å². The summed E-state index contributed by atoms with van der Waals surface area (Å²) in [4.78, 5) is 0. The summed E-state index contributed by atoms with van der Waals surface area (Å²) in [5, 5.41) is 3.39. The van der Waals surface area contributed by atoms with Gasteiger partial charge in [-0.25, -0.2) is 0 Å². The van der Waals surface area contributed by atoms with Gasteiger partial charge >= 0.3 is 0 Å². The molecule has 1 aromatic carbocycles. The van der Waals surface area contributed by atoms with Gasteiger partial charge < -0.3 is 14.8 Å². The van der Waals surface area contributed by atoms with E-state index in [2.05, 4.69) is 32.2 Å². The van der Waals surface area contributed by atoms with Crippen LogP contribution in [0.25, 0.3) is 6.08 Å². The first kappa shape index (κ1) is 14.6. The lowest BCUT2D eigenvalue weighted by Crippen LogP contribution is -2.24. The van der Waals surface area contributed by atoms with Crippen LogP contribution in [0.15, 0.2) is 23.8 Å². The van der Waals surface area contributed by atoms with Crippen molar-refractivity contribution in [2.75, 3.05) is 20.8 Å². The summed E-state index contributed by atoms with van der Waals surface area (Å²) < 4.78 is 10.7. The van der Waals surface area contributed by atoms with Crippen molar-refractivity contribution in [3.05, 3.63) is 29.3 Å². The molecule has 0 unspecified atom stereocenters. The van der Waals surface area contributed by atoms with Gasteiger partial charge in [-0.15, -0.1) is 0 Å². The molecule has 0 aliphatic heterocycles. The van der Waals surface area contributed by atoms with Crippen LogP contribution in [0.2, 0.25) is 0 Å². The summed E-state index contributed by atoms with van der Waals surface area (Å²) in [6.45, 7) is 7.26. The number of hydrogen-bond donors (Lipinski definition) is 1. The molecule has 1 aromatic rings. The van der Waals surface area contributed by atoms with Crippen molar-refractivity contribution in [3.8, 4) is 11.5 Å². The van der Waals surface area contributed by atoms with Gasteiger partial charge in [0, 0.05) is 18.2 Å². The van der Waals surface area contributed by atoms with E-state index in [1.807, 2.05) is 18.2 Å². The van der Waals surface area contributed by atoms with Gasteiger partial charge in [-0.2, -0.15) is 0 Å². The zero-order chi connectivity index (χ0) is 13.5. The largest absolute Gasteiger partial charge is 0.493 e. The van der Waals surface area contributed by atoms with Gasteiger partial charge in [-0.3, -0.25) is 0 Å². The Hall–Kier alpha value is -1.48. The van der Waals surface area contributed by atoms with Crippen LogP contribution >= 0.6 is 0 Å². The molecule has 18 heavy (non-hydrogen) atoms. The molecule has 0 spiro atoms. The van der Waals surface area contributed by atoms with Crippen LogP contribution in [0.3, 0.4) is 0 Å². The zero-order valence-corrected chi connectivity index (χ0v) is 11.9. The molecular formula is C15H23NO2. The molecule has 0 heterocycles. The second-order valence-corrected chi connectivity index (χ2v) is 4.61. The van der Waals surface area contributed by atoms with Gasteiger partial charge in [-0.1, -0.05) is 37.6 Å². The Bertz CT molecular complexity index is 411. The number of para-hydroxylation sites is 1. The molecule has 0 amide bonds. The lowest BCUT2D eigenvalue weighted by atomic mass is 10.1. The second kappa shape index (κ2) is 7.07. The fraction of sp³-hybridized carbons (Fsp3) is 0.467. The van der Waals surface area contributed by atoms with E-state index in [1.165, 1.54) is 5.57 Å². The number of benzene rings is 1. The Morgan fingerprint density at radius 3 is 2.56 bits per heavy atom. The third-order valence-electron chi connectivity index (χ3n) is 2.62. The minimum Gasteiger partial charge on any atom is -0.493 e. The summed E-state index contributed by atoms with van der Waals surface area (Å²) in [6, 6.07) is 6.38. The van der Waals surface area contributed by atoms with Crippen LogP contribution in [0, 0.1) is 0 Å². The predicted octanol–water partition coefficient (Wildman–Crippen LogP) is 3.11. The van der Waals surface area contributed by atoms with Crippen molar-refractivity contribution in [2.45, 2.75) is 26.8 Å². The molecule has 0 radical (unpaired) electrons. The number of ether oxygens (including phenoxy) is 2. The summed E-state index contributed by atoms with van der Waals surface area (Å²) in [7, 11) is 3.31. The zero-order valence-electron chi connectivity index (χ0n) is 11.9. The molecule has 0 atom stereocenters. The fourth-order valence-corrected chi connectivity index (χ4v) is 1.71. The molecule has 100 valence electrons. The van der Waals surface area contributed by atoms with E-state index in [-0.39, 0.29) is 0 Å². The van der Waals surface area contributed by atoms with Crippen molar-refractivity contribution in [2.24, 2.45) is 0 Å². The van der Waals surface area contributed by atoms with Crippen LogP contribution in [0.5, 0.6) is 11.5 Å². The Morgan fingerprint density at radius 2 is 2.00 bits per heavy atom. The van der Waals surface area contributed by atoms with E-state index in [1.54, 1.807) is 14.2 Å². The number of nitrogens with one attached hydrogen (secondary N) is 1. The van der Waals surface area contributed by atoms with E-state index in [9.17, 15) is 0 Å². The maximum atomic E-state index is 5.40.